The summed E-state index contributed by atoms with van der Waals surface area (Å²) in [4.78, 5) is 42.0. The Hall–Kier alpha value is -5.02. The van der Waals surface area contributed by atoms with E-state index >= 15 is 0 Å². The molecule has 4 aromatic carbocycles. The molecule has 5 rings (SSSR count). The molecule has 0 spiro atoms. The van der Waals surface area contributed by atoms with Gasteiger partial charge in [0.05, 0.1) is 19.9 Å². The number of methoxy groups -OCH3 is 2. The molecule has 0 aromatic heterocycles. The molecule has 3 amide bonds. The average molecular weight is 552 g/mol. The minimum absolute atomic E-state index is 0.162. The first-order valence-corrected chi connectivity index (χ1v) is 13.1. The molecule has 0 saturated heterocycles. The Morgan fingerprint density at radius 1 is 0.725 bits per heavy atom. The third-order valence-electron chi connectivity index (χ3n) is 6.06. The summed E-state index contributed by atoms with van der Waals surface area (Å²) in [5, 5.41) is 6.01. The van der Waals surface area contributed by atoms with E-state index in [2.05, 4.69) is 10.6 Å². The zero-order valence-electron chi connectivity index (χ0n) is 21.7. The second-order valence-electron chi connectivity index (χ2n) is 8.65. The van der Waals surface area contributed by atoms with Crippen LogP contribution in [-0.4, -0.2) is 31.9 Å². The first-order valence-electron chi connectivity index (χ1n) is 12.3. The highest BCUT2D eigenvalue weighted by Gasteiger charge is 2.40. The predicted octanol–water partition coefficient (Wildman–Crippen LogP) is 5.95. The molecule has 9 heteroatoms. The standard InChI is InChI=1S/C31H25N3O5S/c1-38-24-16-14-21(15-17-24)32-27-28(31(37)34(30(27)36)23-10-4-3-5-11-23)40-26-13-7-9-22(19-26)33-29(35)20-8-6-12-25(18-20)39-2/h3-19,32H,1-2H3,(H,33,35). The quantitative estimate of drug-likeness (QED) is 0.248. The van der Waals surface area contributed by atoms with Crippen LogP contribution in [0.1, 0.15) is 10.4 Å². The van der Waals surface area contributed by atoms with Crippen molar-refractivity contribution in [3.05, 3.63) is 119 Å². The third-order valence-corrected chi connectivity index (χ3v) is 7.13. The van der Waals surface area contributed by atoms with Crippen LogP contribution in [-0.2, 0) is 9.59 Å². The van der Waals surface area contributed by atoms with Crippen LogP contribution in [0.4, 0.5) is 17.1 Å². The Morgan fingerprint density at radius 2 is 1.45 bits per heavy atom. The van der Waals surface area contributed by atoms with Crippen molar-refractivity contribution in [2.45, 2.75) is 4.90 Å². The van der Waals surface area contributed by atoms with Crippen molar-refractivity contribution >= 4 is 46.5 Å². The molecule has 8 nitrogen and oxygen atoms in total. The van der Waals surface area contributed by atoms with E-state index in [0.717, 1.165) is 16.7 Å². The second kappa shape index (κ2) is 11.8. The summed E-state index contributed by atoms with van der Waals surface area (Å²) in [6.45, 7) is 0. The Labute approximate surface area is 235 Å². The van der Waals surface area contributed by atoms with Gasteiger partial charge in [0.15, 0.2) is 0 Å². The molecule has 200 valence electrons. The maximum atomic E-state index is 13.6. The molecule has 0 aliphatic carbocycles. The molecule has 4 aromatic rings. The van der Waals surface area contributed by atoms with Crippen molar-refractivity contribution < 1.29 is 23.9 Å². The normalized spacial score (nSPS) is 12.9. The minimum Gasteiger partial charge on any atom is -0.497 e. The first kappa shape index (κ1) is 26.6. The fourth-order valence-electron chi connectivity index (χ4n) is 4.07. The molecule has 0 radical (unpaired) electrons. The summed E-state index contributed by atoms with van der Waals surface area (Å²) in [7, 11) is 3.11. The van der Waals surface area contributed by atoms with E-state index in [1.165, 1.54) is 7.11 Å². The van der Waals surface area contributed by atoms with E-state index in [0.29, 0.717) is 39.0 Å². The number of thioether (sulfide) groups is 1. The van der Waals surface area contributed by atoms with Gasteiger partial charge in [0.1, 0.15) is 22.1 Å². The van der Waals surface area contributed by atoms with Crippen LogP contribution in [0.15, 0.2) is 119 Å². The van der Waals surface area contributed by atoms with Crippen LogP contribution in [0.5, 0.6) is 11.5 Å². The lowest BCUT2D eigenvalue weighted by atomic mass is 10.2. The summed E-state index contributed by atoms with van der Waals surface area (Å²) < 4.78 is 10.4. The Morgan fingerprint density at radius 3 is 2.17 bits per heavy atom. The molecular formula is C31H25N3O5S. The van der Waals surface area contributed by atoms with Gasteiger partial charge in [-0.1, -0.05) is 42.1 Å². The number of nitrogens with one attached hydrogen (secondary N) is 2. The van der Waals surface area contributed by atoms with E-state index in [1.807, 2.05) is 12.1 Å². The van der Waals surface area contributed by atoms with Crippen molar-refractivity contribution in [3.8, 4) is 11.5 Å². The summed E-state index contributed by atoms with van der Waals surface area (Å²) in [6, 6.07) is 29.8. The van der Waals surface area contributed by atoms with E-state index in [-0.39, 0.29) is 16.5 Å². The summed E-state index contributed by atoms with van der Waals surface area (Å²) >= 11 is 1.15. The molecular weight excluding hydrogens is 526 g/mol. The highest BCUT2D eigenvalue weighted by Crippen LogP contribution is 2.38. The highest BCUT2D eigenvalue weighted by atomic mass is 32.2. The number of hydrogen-bond donors (Lipinski definition) is 2. The molecule has 0 atom stereocenters. The number of hydrogen-bond acceptors (Lipinski definition) is 7. The largest absolute Gasteiger partial charge is 0.497 e. The van der Waals surface area contributed by atoms with Crippen molar-refractivity contribution in [1.82, 2.24) is 0 Å². The summed E-state index contributed by atoms with van der Waals surface area (Å²) in [5.74, 6) is 0.0411. The SMILES string of the molecule is COc1ccc(NC2=C(Sc3cccc(NC(=O)c4cccc(OC)c4)c3)C(=O)N(c3ccccc3)C2=O)cc1. The number of nitrogens with zero attached hydrogens (tertiary/aromatic N) is 1. The highest BCUT2D eigenvalue weighted by molar-refractivity contribution is 8.04. The van der Waals surface area contributed by atoms with Gasteiger partial charge in [-0.25, -0.2) is 4.90 Å². The lowest BCUT2D eigenvalue weighted by Crippen LogP contribution is -2.32. The van der Waals surface area contributed by atoms with Crippen LogP contribution in [0, 0.1) is 0 Å². The van der Waals surface area contributed by atoms with Gasteiger partial charge in [-0.15, -0.1) is 0 Å². The molecule has 0 saturated carbocycles. The van der Waals surface area contributed by atoms with Crippen molar-refractivity contribution in [2.24, 2.45) is 0 Å². The number of amides is 3. The van der Waals surface area contributed by atoms with Crippen LogP contribution in [0.2, 0.25) is 0 Å². The Balaban J connectivity index is 1.43. The maximum Gasteiger partial charge on any atom is 0.283 e. The Kier molecular flexibility index (Phi) is 7.84. The molecule has 0 unspecified atom stereocenters. The minimum atomic E-state index is -0.461. The Bertz CT molecular complexity index is 1600. The molecule has 40 heavy (non-hydrogen) atoms. The molecule has 1 aliphatic heterocycles. The van der Waals surface area contributed by atoms with Crippen LogP contribution in [0.3, 0.4) is 0 Å². The number of benzene rings is 4. The predicted molar refractivity (Wildman–Crippen MR) is 156 cm³/mol. The van der Waals surface area contributed by atoms with Crippen molar-refractivity contribution in [1.29, 1.82) is 0 Å². The van der Waals surface area contributed by atoms with Crippen LogP contribution >= 0.6 is 11.8 Å². The van der Waals surface area contributed by atoms with Crippen LogP contribution in [0.25, 0.3) is 0 Å². The van der Waals surface area contributed by atoms with Crippen molar-refractivity contribution in [2.75, 3.05) is 29.8 Å². The van der Waals surface area contributed by atoms with E-state index in [9.17, 15) is 14.4 Å². The van der Waals surface area contributed by atoms with Crippen LogP contribution < -0.4 is 25.0 Å². The molecule has 1 aliphatic rings. The lowest BCUT2D eigenvalue weighted by Gasteiger charge is -2.15. The maximum absolute atomic E-state index is 13.6. The zero-order valence-corrected chi connectivity index (χ0v) is 22.5. The second-order valence-corrected chi connectivity index (χ2v) is 9.74. The monoisotopic (exact) mass is 551 g/mol. The number of para-hydroxylation sites is 1. The topological polar surface area (TPSA) is 97.0 Å². The van der Waals surface area contributed by atoms with Gasteiger partial charge in [0.25, 0.3) is 17.7 Å². The van der Waals surface area contributed by atoms with Gasteiger partial charge in [0.2, 0.25) is 0 Å². The molecule has 0 fully saturated rings. The van der Waals surface area contributed by atoms with Gasteiger partial charge in [-0.3, -0.25) is 14.4 Å². The van der Waals surface area contributed by atoms with E-state index in [1.54, 1.807) is 98.1 Å². The number of ether oxygens (including phenoxy) is 2. The summed E-state index contributed by atoms with van der Waals surface area (Å²) in [6.07, 6.45) is 0. The van der Waals surface area contributed by atoms with E-state index in [4.69, 9.17) is 9.47 Å². The van der Waals surface area contributed by atoms with Crippen molar-refractivity contribution in [3.63, 3.8) is 0 Å². The first-order chi connectivity index (χ1) is 19.5. The molecule has 2 N–H and O–H groups in total. The third kappa shape index (κ3) is 5.69. The summed E-state index contributed by atoms with van der Waals surface area (Å²) in [5.41, 5.74) is 2.25. The smallest absolute Gasteiger partial charge is 0.283 e. The van der Waals surface area contributed by atoms with E-state index < -0.39 is 11.8 Å². The van der Waals surface area contributed by atoms with Gasteiger partial charge in [-0.05, 0) is 72.8 Å². The number of carbonyl (C=O) groups is 3. The number of rotatable bonds is 9. The molecule has 0 bridgehead atoms. The lowest BCUT2D eigenvalue weighted by molar-refractivity contribution is -0.120. The zero-order chi connectivity index (χ0) is 28.1. The number of carbonyl (C=O) groups excluding carboxylic acids is 3. The van der Waals surface area contributed by atoms with Gasteiger partial charge in [0, 0.05) is 21.8 Å². The average Bonchev–Trinajstić information content (AvgIpc) is 3.22. The van der Waals surface area contributed by atoms with Gasteiger partial charge >= 0.3 is 0 Å². The fourth-order valence-corrected chi connectivity index (χ4v) is 5.05. The molecule has 1 heterocycles. The number of anilines is 3. The van der Waals surface area contributed by atoms with Gasteiger partial charge < -0.3 is 20.1 Å². The fraction of sp³-hybridized carbons (Fsp3) is 0.0645. The van der Waals surface area contributed by atoms with Gasteiger partial charge in [-0.2, -0.15) is 0 Å². The number of imide groups is 1.